The number of carbonyl (C=O) groups is 3. The highest BCUT2D eigenvalue weighted by atomic mass is 19.1. The fourth-order valence-electron chi connectivity index (χ4n) is 2.96. The molecule has 0 bridgehead atoms. The van der Waals surface area contributed by atoms with Crippen molar-refractivity contribution in [2.75, 3.05) is 18.4 Å². The Balaban J connectivity index is 1.58. The molecule has 160 valence electrons. The second-order valence-corrected chi connectivity index (χ2v) is 6.80. The van der Waals surface area contributed by atoms with Crippen molar-refractivity contribution in [3.63, 3.8) is 0 Å². The lowest BCUT2D eigenvalue weighted by Crippen LogP contribution is -2.33. The van der Waals surface area contributed by atoms with Crippen molar-refractivity contribution in [1.29, 1.82) is 0 Å². The quantitative estimate of drug-likeness (QED) is 0.576. The van der Waals surface area contributed by atoms with Crippen molar-refractivity contribution in [1.82, 2.24) is 4.90 Å². The smallest absolute Gasteiger partial charge is 0.289 e. The van der Waals surface area contributed by atoms with Gasteiger partial charge in [0.1, 0.15) is 11.6 Å². The van der Waals surface area contributed by atoms with E-state index < -0.39 is 5.91 Å². The molecule has 1 heterocycles. The first-order valence-electron chi connectivity index (χ1n) is 9.72. The van der Waals surface area contributed by atoms with Crippen LogP contribution in [0.1, 0.15) is 34.3 Å². The van der Waals surface area contributed by atoms with Crippen molar-refractivity contribution in [2.45, 2.75) is 13.3 Å². The molecular formula is C23H22FN3O4. The molecule has 0 saturated heterocycles. The average Bonchev–Trinajstić information content (AvgIpc) is 3.25. The van der Waals surface area contributed by atoms with Crippen LogP contribution in [0.4, 0.5) is 10.1 Å². The van der Waals surface area contributed by atoms with E-state index >= 15 is 0 Å². The van der Waals surface area contributed by atoms with Crippen LogP contribution in [0.3, 0.4) is 0 Å². The van der Waals surface area contributed by atoms with E-state index in [0.717, 1.165) is 0 Å². The van der Waals surface area contributed by atoms with Crippen LogP contribution < -0.4 is 11.1 Å². The maximum atomic E-state index is 13.1. The Morgan fingerprint density at radius 2 is 1.68 bits per heavy atom. The van der Waals surface area contributed by atoms with E-state index in [1.54, 1.807) is 36.4 Å². The zero-order chi connectivity index (χ0) is 22.4. The Morgan fingerprint density at radius 3 is 2.29 bits per heavy atom. The third-order valence-electron chi connectivity index (χ3n) is 4.68. The van der Waals surface area contributed by atoms with Crippen molar-refractivity contribution in [3.8, 4) is 11.3 Å². The van der Waals surface area contributed by atoms with E-state index in [4.69, 9.17) is 10.2 Å². The molecule has 7 nitrogen and oxygen atoms in total. The maximum absolute atomic E-state index is 13.1. The van der Waals surface area contributed by atoms with E-state index in [-0.39, 0.29) is 36.4 Å². The molecule has 3 amide bonds. The first-order chi connectivity index (χ1) is 14.9. The average molecular weight is 423 g/mol. The minimum Gasteiger partial charge on any atom is -0.451 e. The molecular weight excluding hydrogens is 401 g/mol. The Labute approximate surface area is 178 Å². The lowest BCUT2D eigenvalue weighted by atomic mass is 10.2. The minimum atomic E-state index is -0.546. The molecule has 0 atom stereocenters. The molecule has 2 aromatic carbocycles. The van der Waals surface area contributed by atoms with Crippen molar-refractivity contribution in [2.24, 2.45) is 5.73 Å². The lowest BCUT2D eigenvalue weighted by Gasteiger charge is -2.19. The fourth-order valence-corrected chi connectivity index (χ4v) is 2.96. The number of primary amides is 1. The number of amides is 3. The standard InChI is InChI=1S/C23H22FN3O4/c1-2-27(14-13-21(28)26-18-9-5-16(6-10-18)22(25)29)23(30)20-12-11-19(31-20)15-3-7-17(24)8-4-15/h3-12H,2,13-14H2,1H3,(H2,25,29)(H,26,28). The van der Waals surface area contributed by atoms with Gasteiger partial charge in [0.25, 0.3) is 5.91 Å². The molecule has 0 fully saturated rings. The first-order valence-corrected chi connectivity index (χ1v) is 9.72. The monoisotopic (exact) mass is 423 g/mol. The topological polar surface area (TPSA) is 106 Å². The molecule has 31 heavy (non-hydrogen) atoms. The predicted molar refractivity (Wildman–Crippen MR) is 114 cm³/mol. The van der Waals surface area contributed by atoms with E-state index in [2.05, 4.69) is 5.32 Å². The number of benzene rings is 2. The van der Waals surface area contributed by atoms with Gasteiger partial charge in [-0.25, -0.2) is 4.39 Å². The van der Waals surface area contributed by atoms with Crippen LogP contribution in [0, 0.1) is 5.82 Å². The van der Waals surface area contributed by atoms with Gasteiger partial charge in [-0.15, -0.1) is 0 Å². The van der Waals surface area contributed by atoms with Crippen LogP contribution in [0.2, 0.25) is 0 Å². The van der Waals surface area contributed by atoms with E-state index in [9.17, 15) is 18.8 Å². The molecule has 8 heteroatoms. The summed E-state index contributed by atoms with van der Waals surface area (Å²) in [7, 11) is 0. The first kappa shape index (κ1) is 21.8. The van der Waals surface area contributed by atoms with Crippen LogP contribution in [-0.2, 0) is 4.79 Å². The van der Waals surface area contributed by atoms with Crippen molar-refractivity contribution in [3.05, 3.63) is 77.8 Å². The molecule has 0 spiro atoms. The highest BCUT2D eigenvalue weighted by Crippen LogP contribution is 2.23. The maximum Gasteiger partial charge on any atom is 0.289 e. The Hall–Kier alpha value is -3.94. The van der Waals surface area contributed by atoms with Gasteiger partial charge in [-0.1, -0.05) is 0 Å². The van der Waals surface area contributed by atoms with Gasteiger partial charge in [0.2, 0.25) is 11.8 Å². The van der Waals surface area contributed by atoms with Crippen LogP contribution in [0.5, 0.6) is 0 Å². The molecule has 0 unspecified atom stereocenters. The third-order valence-corrected chi connectivity index (χ3v) is 4.68. The summed E-state index contributed by atoms with van der Waals surface area (Å²) in [6.45, 7) is 2.40. The number of furan rings is 1. The molecule has 1 aromatic heterocycles. The number of hydrogen-bond acceptors (Lipinski definition) is 4. The Morgan fingerprint density at radius 1 is 1.00 bits per heavy atom. The van der Waals surface area contributed by atoms with Gasteiger partial charge in [0, 0.05) is 36.3 Å². The van der Waals surface area contributed by atoms with Crippen LogP contribution in [-0.4, -0.2) is 35.7 Å². The van der Waals surface area contributed by atoms with Crippen LogP contribution in [0.15, 0.2) is 65.1 Å². The lowest BCUT2D eigenvalue weighted by molar-refractivity contribution is -0.116. The zero-order valence-corrected chi connectivity index (χ0v) is 16.9. The van der Waals surface area contributed by atoms with Crippen molar-refractivity contribution < 1.29 is 23.2 Å². The molecule has 0 saturated carbocycles. The predicted octanol–water partition coefficient (Wildman–Crippen LogP) is 3.68. The normalized spacial score (nSPS) is 10.5. The largest absolute Gasteiger partial charge is 0.451 e. The second-order valence-electron chi connectivity index (χ2n) is 6.80. The summed E-state index contributed by atoms with van der Waals surface area (Å²) in [6, 6.07) is 15.2. The number of nitrogens with one attached hydrogen (secondary N) is 1. The van der Waals surface area contributed by atoms with Gasteiger partial charge < -0.3 is 20.4 Å². The van der Waals surface area contributed by atoms with Crippen LogP contribution >= 0.6 is 0 Å². The number of rotatable bonds is 8. The summed E-state index contributed by atoms with van der Waals surface area (Å²) >= 11 is 0. The molecule has 0 aliphatic heterocycles. The summed E-state index contributed by atoms with van der Waals surface area (Å²) in [6.07, 6.45) is 0.0860. The SMILES string of the molecule is CCN(CCC(=O)Nc1ccc(C(N)=O)cc1)C(=O)c1ccc(-c2ccc(F)cc2)o1. The highest BCUT2D eigenvalue weighted by Gasteiger charge is 2.19. The molecule has 0 aliphatic rings. The highest BCUT2D eigenvalue weighted by molar-refractivity contribution is 5.95. The second kappa shape index (κ2) is 9.71. The van der Waals surface area contributed by atoms with Gasteiger partial charge in [-0.3, -0.25) is 14.4 Å². The van der Waals surface area contributed by atoms with E-state index in [1.807, 2.05) is 6.92 Å². The zero-order valence-electron chi connectivity index (χ0n) is 16.9. The number of carbonyl (C=O) groups excluding carboxylic acids is 3. The Kier molecular flexibility index (Phi) is 6.81. The summed E-state index contributed by atoms with van der Waals surface area (Å²) in [5.74, 6) is -0.916. The Bertz CT molecular complexity index is 1070. The van der Waals surface area contributed by atoms with Gasteiger partial charge in [0.15, 0.2) is 5.76 Å². The van der Waals surface area contributed by atoms with Gasteiger partial charge in [-0.2, -0.15) is 0 Å². The number of anilines is 1. The summed E-state index contributed by atoms with van der Waals surface area (Å²) < 4.78 is 18.7. The molecule has 0 aliphatic carbocycles. The summed E-state index contributed by atoms with van der Waals surface area (Å²) in [4.78, 5) is 37.6. The summed E-state index contributed by atoms with van der Waals surface area (Å²) in [5, 5.41) is 2.71. The van der Waals surface area contributed by atoms with Gasteiger partial charge >= 0.3 is 0 Å². The van der Waals surface area contributed by atoms with E-state index in [0.29, 0.717) is 29.1 Å². The molecule has 3 aromatic rings. The van der Waals surface area contributed by atoms with Gasteiger partial charge in [-0.05, 0) is 67.6 Å². The number of nitrogens with two attached hydrogens (primary N) is 1. The van der Waals surface area contributed by atoms with E-state index in [1.165, 1.54) is 29.2 Å². The van der Waals surface area contributed by atoms with Crippen LogP contribution in [0.25, 0.3) is 11.3 Å². The van der Waals surface area contributed by atoms with Gasteiger partial charge in [0.05, 0.1) is 0 Å². The third kappa shape index (κ3) is 5.57. The summed E-state index contributed by atoms with van der Waals surface area (Å²) in [5.41, 5.74) is 6.72. The van der Waals surface area contributed by atoms with Crippen molar-refractivity contribution >= 4 is 23.4 Å². The molecule has 3 N–H and O–H groups in total. The number of halogens is 1. The fraction of sp³-hybridized carbons (Fsp3) is 0.174. The number of hydrogen-bond donors (Lipinski definition) is 2. The minimum absolute atomic E-state index is 0.0860. The molecule has 0 radical (unpaired) electrons. The number of nitrogens with zero attached hydrogens (tertiary/aromatic N) is 1. The molecule has 3 rings (SSSR count).